The van der Waals surface area contributed by atoms with Gasteiger partial charge in [-0.25, -0.2) is 4.79 Å². The van der Waals surface area contributed by atoms with Crippen LogP contribution in [0.2, 0.25) is 0 Å². The molecule has 0 unspecified atom stereocenters. The molecule has 0 bridgehead atoms. The number of para-hydroxylation sites is 1. The average molecular weight is 461 g/mol. The number of rotatable bonds is 5. The predicted molar refractivity (Wildman–Crippen MR) is 132 cm³/mol. The van der Waals surface area contributed by atoms with Crippen molar-refractivity contribution in [3.63, 3.8) is 0 Å². The molecule has 1 saturated heterocycles. The third-order valence-corrected chi connectivity index (χ3v) is 5.56. The van der Waals surface area contributed by atoms with Gasteiger partial charge in [0.1, 0.15) is 6.10 Å². The second-order valence-electron chi connectivity index (χ2n) is 9.35. The van der Waals surface area contributed by atoms with Crippen molar-refractivity contribution in [2.24, 2.45) is 10.5 Å². The third-order valence-electron chi connectivity index (χ3n) is 5.56. The molecule has 2 aromatic carbocycles. The van der Waals surface area contributed by atoms with Crippen molar-refractivity contribution in [3.8, 4) is 0 Å². The molecular weight excluding hydrogens is 432 g/mol. The van der Waals surface area contributed by atoms with Crippen LogP contribution in [-0.2, 0) is 14.3 Å². The Morgan fingerprint density at radius 3 is 2.38 bits per heavy atom. The van der Waals surface area contributed by atoms with Crippen LogP contribution in [0.25, 0.3) is 6.08 Å². The lowest BCUT2D eigenvalue weighted by Gasteiger charge is -2.18. The first-order valence-electron chi connectivity index (χ1n) is 11.2. The van der Waals surface area contributed by atoms with Gasteiger partial charge in [-0.05, 0) is 35.9 Å². The van der Waals surface area contributed by atoms with Crippen LogP contribution in [0, 0.1) is 5.41 Å². The van der Waals surface area contributed by atoms with E-state index in [1.165, 1.54) is 16.8 Å². The van der Waals surface area contributed by atoms with Gasteiger partial charge in [0.05, 0.1) is 30.1 Å². The largest absolute Gasteiger partial charge is 0.442 e. The summed E-state index contributed by atoms with van der Waals surface area (Å²) in [6, 6.07) is 16.7. The number of carbonyl (C=O) groups excluding carboxylic acids is 3. The van der Waals surface area contributed by atoms with Gasteiger partial charge >= 0.3 is 6.09 Å². The van der Waals surface area contributed by atoms with Crippen molar-refractivity contribution >= 4 is 41.1 Å². The van der Waals surface area contributed by atoms with Crippen molar-refractivity contribution in [3.05, 3.63) is 65.7 Å². The molecule has 2 aromatic rings. The maximum Gasteiger partial charge on any atom is 0.414 e. The van der Waals surface area contributed by atoms with E-state index in [-0.39, 0.29) is 23.8 Å². The van der Waals surface area contributed by atoms with E-state index in [1.807, 2.05) is 81.4 Å². The summed E-state index contributed by atoms with van der Waals surface area (Å²) in [5, 5.41) is 8.76. The first-order chi connectivity index (χ1) is 16.1. The quantitative estimate of drug-likeness (QED) is 0.684. The number of hydrogen-bond donors (Lipinski definition) is 1. The Balaban J connectivity index is 1.56. The van der Waals surface area contributed by atoms with Crippen molar-refractivity contribution in [1.82, 2.24) is 5.32 Å². The Labute approximate surface area is 198 Å². The number of hydrogen-bond acceptors (Lipinski definition) is 5. The van der Waals surface area contributed by atoms with Crippen LogP contribution in [0.4, 0.5) is 16.2 Å². The molecule has 2 aliphatic heterocycles. The van der Waals surface area contributed by atoms with Crippen molar-refractivity contribution < 1.29 is 19.1 Å². The zero-order valence-electron chi connectivity index (χ0n) is 19.7. The van der Waals surface area contributed by atoms with Crippen LogP contribution in [0.5, 0.6) is 0 Å². The number of ether oxygens (including phenoxy) is 1. The maximum absolute atomic E-state index is 13.3. The molecule has 2 aliphatic rings. The summed E-state index contributed by atoms with van der Waals surface area (Å²) >= 11 is 0. The number of nitrogens with zero attached hydrogens (tertiary/aromatic N) is 3. The molecule has 0 radical (unpaired) electrons. The van der Waals surface area contributed by atoms with Gasteiger partial charge in [0.15, 0.2) is 0 Å². The molecule has 1 atom stereocenters. The van der Waals surface area contributed by atoms with Crippen molar-refractivity contribution in [1.29, 1.82) is 0 Å². The highest BCUT2D eigenvalue weighted by atomic mass is 16.6. The average Bonchev–Trinajstić information content (AvgIpc) is 3.33. The zero-order chi connectivity index (χ0) is 24.5. The van der Waals surface area contributed by atoms with E-state index >= 15 is 0 Å². The normalized spacial score (nSPS) is 19.5. The second-order valence-corrected chi connectivity index (χ2v) is 9.35. The van der Waals surface area contributed by atoms with E-state index in [1.54, 1.807) is 0 Å². The number of benzene rings is 2. The number of hydrazone groups is 1. The zero-order valence-corrected chi connectivity index (χ0v) is 19.7. The molecule has 2 heterocycles. The minimum atomic E-state index is -0.451. The molecule has 0 aromatic heterocycles. The number of anilines is 2. The first-order valence-corrected chi connectivity index (χ1v) is 11.2. The van der Waals surface area contributed by atoms with E-state index in [0.29, 0.717) is 17.8 Å². The van der Waals surface area contributed by atoms with Gasteiger partial charge in [0.25, 0.3) is 5.91 Å². The molecule has 3 amide bonds. The third kappa shape index (κ3) is 4.85. The Hall–Kier alpha value is -3.94. The number of amides is 3. The molecule has 4 rings (SSSR count). The lowest BCUT2D eigenvalue weighted by Crippen LogP contribution is -2.33. The molecule has 8 heteroatoms. The molecule has 176 valence electrons. The summed E-state index contributed by atoms with van der Waals surface area (Å²) in [7, 11) is 0. The topological polar surface area (TPSA) is 91.3 Å². The van der Waals surface area contributed by atoms with Gasteiger partial charge in [0.2, 0.25) is 5.91 Å². The van der Waals surface area contributed by atoms with Crippen LogP contribution in [0.1, 0.15) is 33.3 Å². The summed E-state index contributed by atoms with van der Waals surface area (Å²) in [5.41, 5.74) is 3.16. The van der Waals surface area contributed by atoms with Crippen molar-refractivity contribution in [2.75, 3.05) is 23.0 Å². The number of carbonyl (C=O) groups is 3. The van der Waals surface area contributed by atoms with Gasteiger partial charge in [-0.2, -0.15) is 10.1 Å². The standard InChI is InChI=1S/C26H28N4O4/c1-17(31)27-15-21-16-29(25(33)34-21)19-12-10-18(11-13-19)14-22-23(26(2,3)4)28-30(24(22)32)20-8-6-5-7-9-20/h5-14,21H,15-16H2,1-4H3,(H,27,31)/b22-14-/t21-/m0/s1. The van der Waals surface area contributed by atoms with Crippen LogP contribution in [0.15, 0.2) is 65.3 Å². The van der Waals surface area contributed by atoms with Crippen LogP contribution >= 0.6 is 0 Å². The lowest BCUT2D eigenvalue weighted by atomic mass is 9.85. The van der Waals surface area contributed by atoms with Crippen LogP contribution in [-0.4, -0.2) is 42.8 Å². The monoisotopic (exact) mass is 460 g/mol. The van der Waals surface area contributed by atoms with Crippen LogP contribution < -0.4 is 15.2 Å². The van der Waals surface area contributed by atoms with Crippen molar-refractivity contribution in [2.45, 2.75) is 33.8 Å². The Morgan fingerprint density at radius 2 is 1.76 bits per heavy atom. The lowest BCUT2D eigenvalue weighted by molar-refractivity contribution is -0.119. The van der Waals surface area contributed by atoms with Gasteiger partial charge in [-0.3, -0.25) is 14.5 Å². The maximum atomic E-state index is 13.3. The number of cyclic esters (lactones) is 1. The summed E-state index contributed by atoms with van der Waals surface area (Å²) in [4.78, 5) is 38.2. The van der Waals surface area contributed by atoms with Gasteiger partial charge in [0, 0.05) is 18.0 Å². The highest BCUT2D eigenvalue weighted by Gasteiger charge is 2.37. The highest BCUT2D eigenvalue weighted by molar-refractivity contribution is 6.34. The molecule has 0 spiro atoms. The Morgan fingerprint density at radius 1 is 1.09 bits per heavy atom. The summed E-state index contributed by atoms with van der Waals surface area (Å²) < 4.78 is 5.33. The van der Waals surface area contributed by atoms with Gasteiger partial charge < -0.3 is 10.1 Å². The molecule has 1 N–H and O–H groups in total. The highest BCUT2D eigenvalue weighted by Crippen LogP contribution is 2.33. The fraction of sp³-hybridized carbons (Fsp3) is 0.308. The fourth-order valence-corrected chi connectivity index (χ4v) is 3.86. The molecular formula is C26H28N4O4. The Bertz CT molecular complexity index is 1160. The van der Waals surface area contributed by atoms with Gasteiger partial charge in [-0.15, -0.1) is 0 Å². The van der Waals surface area contributed by atoms with Gasteiger partial charge in [-0.1, -0.05) is 51.1 Å². The second kappa shape index (κ2) is 9.13. The van der Waals surface area contributed by atoms with Crippen LogP contribution in [0.3, 0.4) is 0 Å². The summed E-state index contributed by atoms with van der Waals surface area (Å²) in [5.74, 6) is -0.346. The predicted octanol–water partition coefficient (Wildman–Crippen LogP) is 3.98. The molecule has 34 heavy (non-hydrogen) atoms. The molecule has 0 saturated carbocycles. The Kier molecular flexibility index (Phi) is 6.24. The SMILES string of the molecule is CC(=O)NC[C@H]1CN(c2ccc(/C=C3\C(=O)N(c4ccccc4)N=C3C(C)(C)C)cc2)C(=O)O1. The smallest absolute Gasteiger partial charge is 0.414 e. The van der Waals surface area contributed by atoms with E-state index < -0.39 is 12.2 Å². The minimum Gasteiger partial charge on any atom is -0.442 e. The van der Waals surface area contributed by atoms with E-state index in [2.05, 4.69) is 10.4 Å². The fourth-order valence-electron chi connectivity index (χ4n) is 3.86. The first kappa shape index (κ1) is 23.2. The minimum absolute atomic E-state index is 0.169. The number of nitrogens with one attached hydrogen (secondary N) is 1. The van der Waals surface area contributed by atoms with E-state index in [0.717, 1.165) is 17.0 Å². The summed E-state index contributed by atoms with van der Waals surface area (Å²) in [6.07, 6.45) is 0.984. The molecule has 8 nitrogen and oxygen atoms in total. The van der Waals surface area contributed by atoms with E-state index in [9.17, 15) is 14.4 Å². The molecule has 1 fully saturated rings. The summed E-state index contributed by atoms with van der Waals surface area (Å²) in [6.45, 7) is 8.13. The van der Waals surface area contributed by atoms with E-state index in [4.69, 9.17) is 4.74 Å². The molecule has 0 aliphatic carbocycles.